The molecule has 2 atom stereocenters. The monoisotopic (exact) mass is 547 g/mol. The molecule has 0 bridgehead atoms. The van der Waals surface area contributed by atoms with E-state index in [2.05, 4.69) is 20.3 Å². The van der Waals surface area contributed by atoms with E-state index >= 15 is 0 Å². The van der Waals surface area contributed by atoms with E-state index in [1.807, 2.05) is 6.92 Å². The normalized spacial score (nSPS) is 18.2. The van der Waals surface area contributed by atoms with Gasteiger partial charge in [0.2, 0.25) is 5.82 Å². The molecule has 3 aromatic rings. The van der Waals surface area contributed by atoms with Crippen molar-refractivity contribution in [3.05, 3.63) is 52.6 Å². The highest BCUT2D eigenvalue weighted by Gasteiger charge is 2.35. The molecule has 9 nitrogen and oxygen atoms in total. The zero-order valence-corrected chi connectivity index (χ0v) is 21.4. The molecule has 0 unspecified atom stereocenters. The standard InChI is InChI=1S/C25H24F3N5O4S/c1-13-8-29-23(38-13)18-6-15(22(35)32-14(2)16-9-30-24(31-10-16)25(26,27)28)7-19-21(18)37-12-20(34)33(19)11-17-4-3-5-36-17/h6-10,14,17H,3-5,11-12H2,1-2H3,(H,32,35)/t14-,17-/m1/s1. The Hall–Kier alpha value is -3.58. The van der Waals surface area contributed by atoms with E-state index in [-0.39, 0.29) is 24.2 Å². The van der Waals surface area contributed by atoms with E-state index < -0.39 is 23.9 Å². The molecule has 5 rings (SSSR count). The van der Waals surface area contributed by atoms with Gasteiger partial charge >= 0.3 is 6.18 Å². The Labute approximate surface area is 220 Å². The van der Waals surface area contributed by atoms with Crippen molar-refractivity contribution in [3.8, 4) is 16.3 Å². The maximum absolute atomic E-state index is 13.3. The van der Waals surface area contributed by atoms with Gasteiger partial charge in [0, 0.05) is 41.2 Å². The average molecular weight is 548 g/mol. The lowest BCUT2D eigenvalue weighted by molar-refractivity contribution is -0.145. The first-order chi connectivity index (χ1) is 18.1. The molecule has 0 saturated carbocycles. The summed E-state index contributed by atoms with van der Waals surface area (Å²) in [7, 11) is 0. The second-order valence-electron chi connectivity index (χ2n) is 9.11. The van der Waals surface area contributed by atoms with Gasteiger partial charge in [0.05, 0.1) is 29.9 Å². The van der Waals surface area contributed by atoms with E-state index in [9.17, 15) is 22.8 Å². The fourth-order valence-corrected chi connectivity index (χ4v) is 5.12. The second-order valence-corrected chi connectivity index (χ2v) is 10.3. The Balaban J connectivity index is 1.48. The summed E-state index contributed by atoms with van der Waals surface area (Å²) < 4.78 is 50.0. The highest BCUT2D eigenvalue weighted by atomic mass is 32.1. The van der Waals surface area contributed by atoms with Crippen LogP contribution < -0.4 is 15.0 Å². The molecule has 13 heteroatoms. The van der Waals surface area contributed by atoms with Gasteiger partial charge in [-0.2, -0.15) is 13.2 Å². The van der Waals surface area contributed by atoms with Crippen LogP contribution in [-0.4, -0.2) is 52.6 Å². The molecule has 0 radical (unpaired) electrons. The van der Waals surface area contributed by atoms with Gasteiger partial charge in [0.1, 0.15) is 5.01 Å². The number of hydrogen-bond donors (Lipinski definition) is 1. The Morgan fingerprint density at radius 1 is 1.24 bits per heavy atom. The molecule has 0 aliphatic carbocycles. The summed E-state index contributed by atoms with van der Waals surface area (Å²) in [6.45, 7) is 4.34. The summed E-state index contributed by atoms with van der Waals surface area (Å²) in [6.07, 6.45) is 0.740. The summed E-state index contributed by atoms with van der Waals surface area (Å²) in [5.74, 6) is -1.54. The Morgan fingerprint density at radius 3 is 2.63 bits per heavy atom. The lowest BCUT2D eigenvalue weighted by Crippen LogP contribution is -2.43. The van der Waals surface area contributed by atoms with E-state index in [4.69, 9.17) is 9.47 Å². The first kappa shape index (κ1) is 26.0. The SMILES string of the molecule is Cc1cnc(-c2cc(C(=O)N[C@H](C)c3cnc(C(F)(F)F)nc3)cc3c2OCC(=O)N3C[C@H]2CCCO2)s1. The van der Waals surface area contributed by atoms with E-state index in [0.29, 0.717) is 40.7 Å². The van der Waals surface area contributed by atoms with Crippen molar-refractivity contribution in [2.75, 3.05) is 24.7 Å². The van der Waals surface area contributed by atoms with Crippen LogP contribution in [0.4, 0.5) is 18.9 Å². The number of rotatable bonds is 6. The summed E-state index contributed by atoms with van der Waals surface area (Å²) in [6, 6.07) is 2.53. The number of nitrogens with zero attached hydrogens (tertiary/aromatic N) is 4. The van der Waals surface area contributed by atoms with Crippen LogP contribution in [0.2, 0.25) is 0 Å². The zero-order chi connectivity index (χ0) is 27.0. The zero-order valence-electron chi connectivity index (χ0n) is 20.5. The van der Waals surface area contributed by atoms with Crippen LogP contribution in [0.1, 0.15) is 52.4 Å². The lowest BCUT2D eigenvalue weighted by Gasteiger charge is -2.32. The molecule has 1 N–H and O–H groups in total. The molecule has 0 spiro atoms. The van der Waals surface area contributed by atoms with Crippen LogP contribution in [0.25, 0.3) is 10.6 Å². The molecule has 4 heterocycles. The number of fused-ring (bicyclic) bond motifs is 1. The van der Waals surface area contributed by atoms with Crippen molar-refractivity contribution in [1.82, 2.24) is 20.3 Å². The number of carbonyl (C=O) groups excluding carboxylic acids is 2. The van der Waals surface area contributed by atoms with E-state index in [1.165, 1.54) is 11.3 Å². The Kier molecular flexibility index (Phi) is 7.05. The van der Waals surface area contributed by atoms with Gasteiger partial charge < -0.3 is 19.7 Å². The number of benzene rings is 1. The largest absolute Gasteiger partial charge is 0.481 e. The van der Waals surface area contributed by atoms with E-state index in [0.717, 1.165) is 30.1 Å². The number of aryl methyl sites for hydroxylation is 1. The Bertz CT molecular complexity index is 1360. The molecule has 2 aromatic heterocycles. The summed E-state index contributed by atoms with van der Waals surface area (Å²) in [4.78, 5) is 39.9. The predicted molar refractivity (Wildman–Crippen MR) is 132 cm³/mol. The van der Waals surface area contributed by atoms with Crippen LogP contribution in [0, 0.1) is 6.92 Å². The minimum atomic E-state index is -4.66. The van der Waals surface area contributed by atoms with Gasteiger partial charge in [0.25, 0.3) is 11.8 Å². The predicted octanol–water partition coefficient (Wildman–Crippen LogP) is 4.32. The summed E-state index contributed by atoms with van der Waals surface area (Å²) in [5, 5.41) is 3.40. The highest BCUT2D eigenvalue weighted by Crippen LogP contribution is 2.43. The molecule has 1 fully saturated rings. The number of alkyl halides is 3. The van der Waals surface area contributed by atoms with Gasteiger partial charge in [-0.05, 0) is 38.8 Å². The number of thiazole rings is 1. The van der Waals surface area contributed by atoms with Crippen LogP contribution in [0.5, 0.6) is 5.75 Å². The quantitative estimate of drug-likeness (QED) is 0.490. The minimum Gasteiger partial charge on any atom is -0.481 e. The molecule has 38 heavy (non-hydrogen) atoms. The van der Waals surface area contributed by atoms with Gasteiger partial charge in [0.15, 0.2) is 12.4 Å². The number of nitrogens with one attached hydrogen (secondary N) is 1. The fraction of sp³-hybridized carbons (Fsp3) is 0.400. The maximum atomic E-state index is 13.3. The lowest BCUT2D eigenvalue weighted by atomic mass is 10.0. The van der Waals surface area contributed by atoms with Gasteiger partial charge in [-0.15, -0.1) is 11.3 Å². The Morgan fingerprint density at radius 2 is 2.00 bits per heavy atom. The number of halogens is 3. The van der Waals surface area contributed by atoms with Crippen molar-refractivity contribution < 1.29 is 32.2 Å². The van der Waals surface area contributed by atoms with Crippen molar-refractivity contribution in [3.63, 3.8) is 0 Å². The number of aromatic nitrogens is 3. The third kappa shape index (κ3) is 5.34. The van der Waals surface area contributed by atoms with Crippen molar-refractivity contribution >= 4 is 28.8 Å². The molecule has 2 amide bonds. The number of ether oxygens (including phenoxy) is 2. The number of carbonyl (C=O) groups is 2. The molecule has 2 aliphatic rings. The van der Waals surface area contributed by atoms with Crippen LogP contribution in [-0.2, 0) is 15.7 Å². The van der Waals surface area contributed by atoms with Crippen molar-refractivity contribution in [2.24, 2.45) is 0 Å². The molecule has 200 valence electrons. The summed E-state index contributed by atoms with van der Waals surface area (Å²) >= 11 is 1.42. The van der Waals surface area contributed by atoms with Gasteiger partial charge in [-0.3, -0.25) is 9.59 Å². The maximum Gasteiger partial charge on any atom is 0.451 e. The first-order valence-electron chi connectivity index (χ1n) is 12.0. The van der Waals surface area contributed by atoms with Crippen LogP contribution in [0.3, 0.4) is 0 Å². The molecule has 1 saturated heterocycles. The van der Waals surface area contributed by atoms with E-state index in [1.54, 1.807) is 30.2 Å². The number of anilines is 1. The number of hydrogen-bond acceptors (Lipinski definition) is 8. The third-order valence-electron chi connectivity index (χ3n) is 6.30. The van der Waals surface area contributed by atoms with Crippen molar-refractivity contribution in [1.29, 1.82) is 0 Å². The molecular formula is C25H24F3N5O4S. The second kappa shape index (κ2) is 10.3. The minimum absolute atomic E-state index is 0.118. The smallest absolute Gasteiger partial charge is 0.451 e. The fourth-order valence-electron chi connectivity index (χ4n) is 4.34. The topological polar surface area (TPSA) is 107 Å². The first-order valence-corrected chi connectivity index (χ1v) is 12.8. The van der Waals surface area contributed by atoms with Crippen LogP contribution >= 0.6 is 11.3 Å². The van der Waals surface area contributed by atoms with Crippen molar-refractivity contribution in [2.45, 2.75) is 45.0 Å². The molecular weight excluding hydrogens is 523 g/mol. The number of amides is 2. The van der Waals surface area contributed by atoms with Gasteiger partial charge in [-0.25, -0.2) is 15.0 Å². The van der Waals surface area contributed by atoms with Gasteiger partial charge in [-0.1, -0.05) is 0 Å². The summed E-state index contributed by atoms with van der Waals surface area (Å²) in [5.41, 5.74) is 1.56. The highest BCUT2D eigenvalue weighted by molar-refractivity contribution is 7.15. The average Bonchev–Trinajstić information content (AvgIpc) is 3.56. The molecule has 2 aliphatic heterocycles. The third-order valence-corrected chi connectivity index (χ3v) is 7.24. The molecule has 1 aromatic carbocycles. The van der Waals surface area contributed by atoms with Crippen LogP contribution in [0.15, 0.2) is 30.7 Å².